The molecular formula is C18H22N2OS. The summed E-state index contributed by atoms with van der Waals surface area (Å²) in [4.78, 5) is 4.13. The first-order valence-electron chi connectivity index (χ1n) is 7.70. The third kappa shape index (κ3) is 3.29. The summed E-state index contributed by atoms with van der Waals surface area (Å²) in [5.41, 5.74) is 3.45. The molecule has 116 valence electrons. The van der Waals surface area contributed by atoms with Crippen LogP contribution in [0.1, 0.15) is 11.1 Å². The molecule has 1 N–H and O–H groups in total. The van der Waals surface area contributed by atoms with Gasteiger partial charge in [-0.1, -0.05) is 23.8 Å². The maximum absolute atomic E-state index is 12.9. The molecule has 0 aromatic heterocycles. The molecule has 2 aromatic rings. The smallest absolute Gasteiger partial charge is 0.161 e. The highest BCUT2D eigenvalue weighted by Crippen LogP contribution is 2.27. The SMILES string of the molecule is Cc1ccc([S+]([O-])c2cccc(N3CCNCC3)c2)c(C)c1. The number of nitrogens with one attached hydrogen (secondary N) is 1. The average molecular weight is 314 g/mol. The van der Waals surface area contributed by atoms with E-state index in [4.69, 9.17) is 0 Å². The summed E-state index contributed by atoms with van der Waals surface area (Å²) in [6.07, 6.45) is 0. The number of rotatable bonds is 3. The molecule has 1 aliphatic rings. The quantitative estimate of drug-likeness (QED) is 0.885. The van der Waals surface area contributed by atoms with Crippen molar-refractivity contribution in [2.75, 3.05) is 31.1 Å². The number of piperazine rings is 1. The van der Waals surface area contributed by atoms with Crippen LogP contribution in [0.15, 0.2) is 52.3 Å². The van der Waals surface area contributed by atoms with Crippen molar-refractivity contribution in [3.63, 3.8) is 0 Å². The first-order chi connectivity index (χ1) is 10.6. The molecule has 0 saturated carbocycles. The van der Waals surface area contributed by atoms with Gasteiger partial charge in [0.05, 0.1) is 0 Å². The van der Waals surface area contributed by atoms with Crippen LogP contribution >= 0.6 is 0 Å². The molecule has 0 aliphatic carbocycles. The summed E-state index contributed by atoms with van der Waals surface area (Å²) >= 11 is -1.12. The molecular weight excluding hydrogens is 292 g/mol. The fourth-order valence-corrected chi connectivity index (χ4v) is 4.08. The minimum atomic E-state index is -1.12. The van der Waals surface area contributed by atoms with Crippen molar-refractivity contribution in [2.24, 2.45) is 0 Å². The summed E-state index contributed by atoms with van der Waals surface area (Å²) in [6, 6.07) is 14.2. The van der Waals surface area contributed by atoms with E-state index in [1.807, 2.05) is 31.2 Å². The van der Waals surface area contributed by atoms with E-state index in [1.165, 1.54) is 5.56 Å². The van der Waals surface area contributed by atoms with Crippen LogP contribution in [-0.2, 0) is 11.2 Å². The summed E-state index contributed by atoms with van der Waals surface area (Å²) in [6.45, 7) is 8.10. The Hall–Kier alpha value is -1.49. The Kier molecular flexibility index (Phi) is 4.71. The fraction of sp³-hybridized carbons (Fsp3) is 0.333. The lowest BCUT2D eigenvalue weighted by Crippen LogP contribution is -2.43. The molecule has 1 unspecified atom stereocenters. The van der Waals surface area contributed by atoms with Gasteiger partial charge < -0.3 is 14.8 Å². The number of nitrogens with zero attached hydrogens (tertiary/aromatic N) is 1. The predicted octanol–water partition coefficient (Wildman–Crippen LogP) is 2.88. The molecule has 1 aliphatic heterocycles. The summed E-state index contributed by atoms with van der Waals surface area (Å²) in [7, 11) is 0. The zero-order chi connectivity index (χ0) is 15.5. The normalized spacial score (nSPS) is 16.6. The van der Waals surface area contributed by atoms with Crippen LogP contribution in [-0.4, -0.2) is 30.7 Å². The second-order valence-electron chi connectivity index (χ2n) is 5.77. The van der Waals surface area contributed by atoms with Crippen molar-refractivity contribution in [3.8, 4) is 0 Å². The minimum absolute atomic E-state index is 0.878. The maximum Gasteiger partial charge on any atom is 0.161 e. The zero-order valence-corrected chi connectivity index (χ0v) is 14.0. The first kappa shape index (κ1) is 15.4. The highest BCUT2D eigenvalue weighted by Gasteiger charge is 2.19. The van der Waals surface area contributed by atoms with Gasteiger partial charge in [0.25, 0.3) is 0 Å². The van der Waals surface area contributed by atoms with Crippen molar-refractivity contribution in [2.45, 2.75) is 23.6 Å². The van der Waals surface area contributed by atoms with E-state index < -0.39 is 11.2 Å². The predicted molar refractivity (Wildman–Crippen MR) is 92.1 cm³/mol. The lowest BCUT2D eigenvalue weighted by molar-refractivity contribution is 0.587. The van der Waals surface area contributed by atoms with Gasteiger partial charge in [-0.15, -0.1) is 0 Å². The average Bonchev–Trinajstić information content (AvgIpc) is 2.55. The number of aryl methyl sites for hydroxylation is 2. The minimum Gasteiger partial charge on any atom is -0.606 e. The number of hydrogen-bond acceptors (Lipinski definition) is 3. The van der Waals surface area contributed by atoms with Gasteiger partial charge in [0.2, 0.25) is 0 Å². The van der Waals surface area contributed by atoms with E-state index in [-0.39, 0.29) is 0 Å². The van der Waals surface area contributed by atoms with Gasteiger partial charge >= 0.3 is 0 Å². The Balaban J connectivity index is 1.87. The monoisotopic (exact) mass is 314 g/mol. The number of benzene rings is 2. The summed E-state index contributed by atoms with van der Waals surface area (Å²) in [5.74, 6) is 0. The molecule has 1 atom stereocenters. The second kappa shape index (κ2) is 6.73. The number of hydrogen-bond donors (Lipinski definition) is 1. The van der Waals surface area contributed by atoms with E-state index in [9.17, 15) is 4.55 Å². The van der Waals surface area contributed by atoms with Gasteiger partial charge in [0.15, 0.2) is 9.79 Å². The maximum atomic E-state index is 12.9. The van der Waals surface area contributed by atoms with E-state index in [1.54, 1.807) is 0 Å². The molecule has 2 aromatic carbocycles. The van der Waals surface area contributed by atoms with Crippen molar-refractivity contribution in [1.82, 2.24) is 5.32 Å². The van der Waals surface area contributed by atoms with Crippen LogP contribution in [0.4, 0.5) is 5.69 Å². The molecule has 0 spiro atoms. The topological polar surface area (TPSA) is 38.3 Å². The molecule has 0 radical (unpaired) electrons. The van der Waals surface area contributed by atoms with Gasteiger partial charge in [0, 0.05) is 54.7 Å². The number of anilines is 1. The van der Waals surface area contributed by atoms with Crippen LogP contribution < -0.4 is 10.2 Å². The highest BCUT2D eigenvalue weighted by molar-refractivity contribution is 7.91. The lowest BCUT2D eigenvalue weighted by atomic mass is 10.2. The Labute approximate surface area is 135 Å². The Morgan fingerprint density at radius 2 is 1.82 bits per heavy atom. The van der Waals surface area contributed by atoms with Crippen molar-refractivity contribution in [3.05, 3.63) is 53.6 Å². The van der Waals surface area contributed by atoms with Crippen LogP contribution in [0.25, 0.3) is 0 Å². The first-order valence-corrected chi connectivity index (χ1v) is 8.85. The van der Waals surface area contributed by atoms with Gasteiger partial charge in [-0.05, 0) is 32.0 Å². The Bertz CT molecular complexity index is 653. The van der Waals surface area contributed by atoms with E-state index >= 15 is 0 Å². The molecule has 1 heterocycles. The zero-order valence-electron chi connectivity index (χ0n) is 13.1. The van der Waals surface area contributed by atoms with Crippen LogP contribution in [0.5, 0.6) is 0 Å². The van der Waals surface area contributed by atoms with Gasteiger partial charge in [0.1, 0.15) is 0 Å². The lowest BCUT2D eigenvalue weighted by Gasteiger charge is -2.29. The standard InChI is InChI=1S/C18H22N2OS/c1-14-6-7-18(15(2)12-14)22(21)17-5-3-4-16(13-17)20-10-8-19-9-11-20/h3-7,12-13,19H,8-11H2,1-2H3. The molecule has 4 heteroatoms. The van der Waals surface area contributed by atoms with Gasteiger partial charge in [-0.3, -0.25) is 0 Å². The fourth-order valence-electron chi connectivity index (χ4n) is 2.85. The van der Waals surface area contributed by atoms with Crippen molar-refractivity contribution < 1.29 is 4.55 Å². The van der Waals surface area contributed by atoms with Crippen LogP contribution in [0, 0.1) is 13.8 Å². The second-order valence-corrected chi connectivity index (χ2v) is 7.22. The van der Waals surface area contributed by atoms with Gasteiger partial charge in [-0.2, -0.15) is 0 Å². The molecule has 0 amide bonds. The molecule has 1 fully saturated rings. The highest BCUT2D eigenvalue weighted by atomic mass is 32.2. The molecule has 1 saturated heterocycles. The third-order valence-corrected chi connectivity index (χ3v) is 5.58. The molecule has 0 bridgehead atoms. The van der Waals surface area contributed by atoms with Crippen LogP contribution in [0.3, 0.4) is 0 Å². The molecule has 22 heavy (non-hydrogen) atoms. The Morgan fingerprint density at radius 3 is 2.55 bits per heavy atom. The van der Waals surface area contributed by atoms with E-state index in [0.717, 1.165) is 47.2 Å². The summed E-state index contributed by atoms with van der Waals surface area (Å²) < 4.78 is 12.9. The van der Waals surface area contributed by atoms with E-state index in [2.05, 4.69) is 35.3 Å². The van der Waals surface area contributed by atoms with Gasteiger partial charge in [-0.25, -0.2) is 0 Å². The largest absolute Gasteiger partial charge is 0.606 e. The summed E-state index contributed by atoms with van der Waals surface area (Å²) in [5, 5.41) is 3.36. The van der Waals surface area contributed by atoms with Crippen LogP contribution in [0.2, 0.25) is 0 Å². The van der Waals surface area contributed by atoms with Crippen molar-refractivity contribution in [1.29, 1.82) is 0 Å². The molecule has 3 nitrogen and oxygen atoms in total. The van der Waals surface area contributed by atoms with Crippen molar-refractivity contribution >= 4 is 16.9 Å². The Morgan fingerprint density at radius 1 is 1.05 bits per heavy atom. The van der Waals surface area contributed by atoms with E-state index in [0.29, 0.717) is 0 Å². The third-order valence-electron chi connectivity index (χ3n) is 4.04. The molecule has 3 rings (SSSR count).